The minimum absolute atomic E-state index is 0.890. The van der Waals surface area contributed by atoms with E-state index in [4.69, 9.17) is 4.42 Å². The summed E-state index contributed by atoms with van der Waals surface area (Å²) in [7, 11) is 0. The van der Waals surface area contributed by atoms with E-state index in [1.54, 1.807) is 0 Å². The smallest absolute Gasteiger partial charge is 0.181 e. The van der Waals surface area contributed by atoms with E-state index in [1.807, 2.05) is 0 Å². The number of piperidine rings is 1. The Kier molecular flexibility index (Phi) is 3.10. The Balaban J connectivity index is 1.63. The van der Waals surface area contributed by atoms with Crippen LogP contribution in [0.2, 0.25) is 0 Å². The highest BCUT2D eigenvalue weighted by Gasteiger charge is 2.12. The standard InChI is InChI=1S/C14H18N2O/c1(11-5-7-15-8-6-11)2-12-3-4-13-14(9-12)17-10-16-13/h3-4,9-11,15H,1-2,5-8H2. The van der Waals surface area contributed by atoms with Crippen molar-refractivity contribution in [2.45, 2.75) is 25.7 Å². The topological polar surface area (TPSA) is 38.1 Å². The van der Waals surface area contributed by atoms with Gasteiger partial charge >= 0.3 is 0 Å². The monoisotopic (exact) mass is 230 g/mol. The number of hydrogen-bond donors (Lipinski definition) is 1. The van der Waals surface area contributed by atoms with Crippen LogP contribution in [-0.4, -0.2) is 18.1 Å². The summed E-state index contributed by atoms with van der Waals surface area (Å²) in [6.07, 6.45) is 6.61. The second kappa shape index (κ2) is 4.88. The summed E-state index contributed by atoms with van der Waals surface area (Å²) in [5, 5.41) is 3.41. The first-order chi connectivity index (χ1) is 8.42. The second-order valence-corrected chi connectivity index (χ2v) is 4.89. The third-order valence-corrected chi connectivity index (χ3v) is 3.70. The Hall–Kier alpha value is -1.35. The van der Waals surface area contributed by atoms with Crippen LogP contribution in [0.15, 0.2) is 29.0 Å². The SMILES string of the molecule is c1nc2ccc(CCC3CCNCC3)cc2o1. The van der Waals surface area contributed by atoms with E-state index in [0.717, 1.165) is 23.4 Å². The number of benzene rings is 1. The van der Waals surface area contributed by atoms with E-state index in [1.165, 1.54) is 44.3 Å². The Labute approximate surface area is 101 Å². The molecule has 1 aromatic heterocycles. The Morgan fingerprint density at radius 2 is 2.18 bits per heavy atom. The predicted molar refractivity (Wildman–Crippen MR) is 67.9 cm³/mol. The van der Waals surface area contributed by atoms with Crippen molar-refractivity contribution in [3.8, 4) is 0 Å². The molecule has 1 fully saturated rings. The third-order valence-electron chi connectivity index (χ3n) is 3.70. The molecule has 0 radical (unpaired) electrons. The lowest BCUT2D eigenvalue weighted by atomic mass is 9.91. The molecule has 1 saturated heterocycles. The van der Waals surface area contributed by atoms with Gasteiger partial charge in [0, 0.05) is 0 Å². The molecular weight excluding hydrogens is 212 g/mol. The molecule has 0 unspecified atom stereocenters. The summed E-state index contributed by atoms with van der Waals surface area (Å²) in [6.45, 7) is 2.37. The van der Waals surface area contributed by atoms with Gasteiger partial charge in [-0.3, -0.25) is 0 Å². The van der Waals surface area contributed by atoms with Crippen molar-refractivity contribution in [1.82, 2.24) is 10.3 Å². The summed E-state index contributed by atoms with van der Waals surface area (Å²) in [6, 6.07) is 6.35. The number of hydrogen-bond acceptors (Lipinski definition) is 3. The van der Waals surface area contributed by atoms with Crippen LogP contribution in [-0.2, 0) is 6.42 Å². The van der Waals surface area contributed by atoms with Crippen molar-refractivity contribution in [3.63, 3.8) is 0 Å². The molecule has 3 rings (SSSR count). The first-order valence-corrected chi connectivity index (χ1v) is 6.45. The van der Waals surface area contributed by atoms with Crippen LogP contribution in [0.4, 0.5) is 0 Å². The van der Waals surface area contributed by atoms with Crippen LogP contribution in [0.5, 0.6) is 0 Å². The molecule has 0 bridgehead atoms. The molecule has 1 aliphatic rings. The molecule has 0 saturated carbocycles. The molecule has 90 valence electrons. The fourth-order valence-corrected chi connectivity index (χ4v) is 2.60. The molecule has 3 nitrogen and oxygen atoms in total. The summed E-state index contributed by atoms with van der Waals surface area (Å²) in [5.41, 5.74) is 3.23. The van der Waals surface area contributed by atoms with Crippen molar-refractivity contribution in [1.29, 1.82) is 0 Å². The first kappa shape index (κ1) is 10.8. The van der Waals surface area contributed by atoms with Gasteiger partial charge in [0.15, 0.2) is 12.0 Å². The van der Waals surface area contributed by atoms with Crippen molar-refractivity contribution in [3.05, 3.63) is 30.2 Å². The Morgan fingerprint density at radius 1 is 1.29 bits per heavy atom. The zero-order chi connectivity index (χ0) is 11.5. The normalized spacial score (nSPS) is 17.6. The predicted octanol–water partition coefficient (Wildman–Crippen LogP) is 2.76. The van der Waals surface area contributed by atoms with E-state index in [0.29, 0.717) is 0 Å². The quantitative estimate of drug-likeness (QED) is 0.881. The lowest BCUT2D eigenvalue weighted by Gasteiger charge is -2.22. The lowest BCUT2D eigenvalue weighted by Crippen LogP contribution is -2.27. The van der Waals surface area contributed by atoms with Gasteiger partial charge < -0.3 is 9.73 Å². The van der Waals surface area contributed by atoms with Gasteiger partial charge in [-0.2, -0.15) is 0 Å². The number of aryl methyl sites for hydroxylation is 1. The summed E-state index contributed by atoms with van der Waals surface area (Å²) in [4.78, 5) is 4.13. The molecular formula is C14H18N2O. The van der Waals surface area contributed by atoms with Gasteiger partial charge in [0.1, 0.15) is 5.52 Å². The summed E-state index contributed by atoms with van der Waals surface area (Å²) >= 11 is 0. The second-order valence-electron chi connectivity index (χ2n) is 4.89. The molecule has 1 aromatic carbocycles. The van der Waals surface area contributed by atoms with Crippen LogP contribution in [0.3, 0.4) is 0 Å². The van der Waals surface area contributed by atoms with Gasteiger partial charge in [-0.05, 0) is 62.4 Å². The number of rotatable bonds is 3. The number of nitrogens with one attached hydrogen (secondary N) is 1. The molecule has 2 heterocycles. The van der Waals surface area contributed by atoms with Crippen LogP contribution >= 0.6 is 0 Å². The summed E-state index contributed by atoms with van der Waals surface area (Å²) in [5.74, 6) is 0.890. The minimum Gasteiger partial charge on any atom is -0.443 e. The Bertz CT molecular complexity index is 486. The highest BCUT2D eigenvalue weighted by molar-refractivity contribution is 5.72. The van der Waals surface area contributed by atoms with Crippen molar-refractivity contribution < 1.29 is 4.42 Å². The highest BCUT2D eigenvalue weighted by atomic mass is 16.3. The van der Waals surface area contributed by atoms with Gasteiger partial charge in [-0.15, -0.1) is 0 Å². The first-order valence-electron chi connectivity index (χ1n) is 6.45. The number of fused-ring (bicyclic) bond motifs is 1. The van der Waals surface area contributed by atoms with E-state index in [2.05, 4.69) is 28.5 Å². The zero-order valence-electron chi connectivity index (χ0n) is 9.98. The molecule has 1 aliphatic heterocycles. The zero-order valence-corrected chi connectivity index (χ0v) is 9.98. The molecule has 0 aliphatic carbocycles. The van der Waals surface area contributed by atoms with Crippen LogP contribution in [0, 0.1) is 5.92 Å². The average Bonchev–Trinajstić information content (AvgIpc) is 2.85. The van der Waals surface area contributed by atoms with Crippen LogP contribution < -0.4 is 5.32 Å². The van der Waals surface area contributed by atoms with Gasteiger partial charge in [0.2, 0.25) is 0 Å². The fourth-order valence-electron chi connectivity index (χ4n) is 2.60. The molecule has 17 heavy (non-hydrogen) atoms. The van der Waals surface area contributed by atoms with E-state index in [9.17, 15) is 0 Å². The van der Waals surface area contributed by atoms with Crippen molar-refractivity contribution >= 4 is 11.1 Å². The Morgan fingerprint density at radius 3 is 3.06 bits per heavy atom. The van der Waals surface area contributed by atoms with Gasteiger partial charge in [-0.1, -0.05) is 6.07 Å². The fraction of sp³-hybridized carbons (Fsp3) is 0.500. The maximum absolute atomic E-state index is 5.33. The van der Waals surface area contributed by atoms with Crippen molar-refractivity contribution in [2.24, 2.45) is 5.92 Å². The number of nitrogens with zero attached hydrogens (tertiary/aromatic N) is 1. The maximum atomic E-state index is 5.33. The molecule has 0 spiro atoms. The molecule has 3 heteroatoms. The minimum atomic E-state index is 0.890. The number of oxazole rings is 1. The largest absolute Gasteiger partial charge is 0.443 e. The molecule has 1 N–H and O–H groups in total. The highest BCUT2D eigenvalue weighted by Crippen LogP contribution is 2.21. The van der Waals surface area contributed by atoms with E-state index in [-0.39, 0.29) is 0 Å². The molecule has 0 atom stereocenters. The van der Waals surface area contributed by atoms with Gasteiger partial charge in [-0.25, -0.2) is 4.98 Å². The average molecular weight is 230 g/mol. The number of aromatic nitrogens is 1. The van der Waals surface area contributed by atoms with E-state index >= 15 is 0 Å². The molecule has 2 aromatic rings. The van der Waals surface area contributed by atoms with Crippen LogP contribution in [0.25, 0.3) is 11.1 Å². The van der Waals surface area contributed by atoms with Gasteiger partial charge in [0.25, 0.3) is 0 Å². The maximum Gasteiger partial charge on any atom is 0.181 e. The van der Waals surface area contributed by atoms with Gasteiger partial charge in [0.05, 0.1) is 0 Å². The summed E-state index contributed by atoms with van der Waals surface area (Å²) < 4.78 is 5.33. The third kappa shape index (κ3) is 2.50. The van der Waals surface area contributed by atoms with Crippen LogP contribution in [0.1, 0.15) is 24.8 Å². The lowest BCUT2D eigenvalue weighted by molar-refractivity contribution is 0.354. The van der Waals surface area contributed by atoms with E-state index < -0.39 is 0 Å². The molecule has 0 amide bonds. The van der Waals surface area contributed by atoms with Crippen molar-refractivity contribution in [2.75, 3.05) is 13.1 Å².